The highest BCUT2D eigenvalue weighted by Gasteiger charge is 2.11. The van der Waals surface area contributed by atoms with Gasteiger partial charge in [-0.3, -0.25) is 0 Å². The van der Waals surface area contributed by atoms with Crippen LogP contribution in [0.2, 0.25) is 0 Å². The van der Waals surface area contributed by atoms with Crippen molar-refractivity contribution in [1.82, 2.24) is 0 Å². The number of rotatable bonds is 5. The third-order valence-electron chi connectivity index (χ3n) is 2.20. The SMILES string of the molecule is C=C(C)C(OCC)c1ccc(OC)cc1. The number of hydrogen-bond donors (Lipinski definition) is 0. The molecule has 0 bridgehead atoms. The van der Waals surface area contributed by atoms with Crippen LogP contribution in [0, 0.1) is 0 Å². The van der Waals surface area contributed by atoms with Gasteiger partial charge in [0.2, 0.25) is 0 Å². The van der Waals surface area contributed by atoms with Crippen molar-refractivity contribution in [2.24, 2.45) is 0 Å². The third-order valence-corrected chi connectivity index (χ3v) is 2.20. The van der Waals surface area contributed by atoms with E-state index >= 15 is 0 Å². The molecule has 0 aromatic heterocycles. The van der Waals surface area contributed by atoms with Gasteiger partial charge in [0.05, 0.1) is 7.11 Å². The van der Waals surface area contributed by atoms with Gasteiger partial charge in [-0.2, -0.15) is 0 Å². The van der Waals surface area contributed by atoms with Gasteiger partial charge < -0.3 is 9.47 Å². The maximum atomic E-state index is 5.62. The van der Waals surface area contributed by atoms with Crippen LogP contribution in [0.15, 0.2) is 36.4 Å². The summed E-state index contributed by atoms with van der Waals surface area (Å²) in [5.41, 5.74) is 2.13. The molecular formula is C13H18O2. The fourth-order valence-corrected chi connectivity index (χ4v) is 1.47. The molecule has 82 valence electrons. The maximum absolute atomic E-state index is 5.62. The van der Waals surface area contributed by atoms with Gasteiger partial charge in [0.1, 0.15) is 11.9 Å². The molecule has 1 unspecified atom stereocenters. The Morgan fingerprint density at radius 2 is 1.93 bits per heavy atom. The molecular weight excluding hydrogens is 188 g/mol. The molecule has 0 saturated carbocycles. The Bertz CT molecular complexity index is 314. The minimum Gasteiger partial charge on any atom is -0.497 e. The molecule has 0 radical (unpaired) electrons. The quantitative estimate of drug-likeness (QED) is 0.688. The predicted octanol–water partition coefficient (Wildman–Crippen LogP) is 3.35. The minimum atomic E-state index is -0.0130. The lowest BCUT2D eigenvalue weighted by Crippen LogP contribution is -2.04. The van der Waals surface area contributed by atoms with Crippen molar-refractivity contribution >= 4 is 0 Å². The van der Waals surface area contributed by atoms with E-state index in [1.54, 1.807) is 7.11 Å². The average molecular weight is 206 g/mol. The molecule has 2 nitrogen and oxygen atoms in total. The standard InChI is InChI=1S/C13H18O2/c1-5-15-13(10(2)3)11-6-8-12(14-4)9-7-11/h6-9,13H,2,5H2,1,3-4H3. The van der Waals surface area contributed by atoms with E-state index in [4.69, 9.17) is 9.47 Å². The molecule has 1 aromatic rings. The second-order valence-electron chi connectivity index (χ2n) is 3.45. The molecule has 2 heteroatoms. The van der Waals surface area contributed by atoms with E-state index in [2.05, 4.69) is 6.58 Å². The fraction of sp³-hybridized carbons (Fsp3) is 0.385. The second kappa shape index (κ2) is 5.56. The number of benzene rings is 1. The van der Waals surface area contributed by atoms with E-state index in [1.807, 2.05) is 38.1 Å². The summed E-state index contributed by atoms with van der Waals surface area (Å²) in [6.07, 6.45) is -0.0130. The van der Waals surface area contributed by atoms with Crippen LogP contribution in [0.5, 0.6) is 5.75 Å². The maximum Gasteiger partial charge on any atom is 0.118 e. The summed E-state index contributed by atoms with van der Waals surface area (Å²) < 4.78 is 10.7. The number of hydrogen-bond acceptors (Lipinski definition) is 2. The van der Waals surface area contributed by atoms with E-state index in [9.17, 15) is 0 Å². The van der Waals surface area contributed by atoms with Crippen LogP contribution in [0.1, 0.15) is 25.5 Å². The zero-order valence-corrected chi connectivity index (χ0v) is 9.62. The smallest absolute Gasteiger partial charge is 0.118 e. The molecule has 0 heterocycles. The normalized spacial score (nSPS) is 12.2. The zero-order chi connectivity index (χ0) is 11.3. The van der Waals surface area contributed by atoms with Crippen molar-refractivity contribution in [1.29, 1.82) is 0 Å². The number of methoxy groups -OCH3 is 1. The second-order valence-corrected chi connectivity index (χ2v) is 3.45. The Balaban J connectivity index is 2.86. The van der Waals surface area contributed by atoms with Crippen LogP contribution < -0.4 is 4.74 Å². The van der Waals surface area contributed by atoms with Crippen molar-refractivity contribution in [2.45, 2.75) is 20.0 Å². The van der Waals surface area contributed by atoms with Crippen LogP contribution in [-0.4, -0.2) is 13.7 Å². The molecule has 0 fully saturated rings. The van der Waals surface area contributed by atoms with Gasteiger partial charge in [-0.25, -0.2) is 0 Å². The van der Waals surface area contributed by atoms with Crippen LogP contribution in [0.25, 0.3) is 0 Å². The molecule has 0 amide bonds. The fourth-order valence-electron chi connectivity index (χ4n) is 1.47. The molecule has 0 aliphatic carbocycles. The van der Waals surface area contributed by atoms with Crippen molar-refractivity contribution in [2.75, 3.05) is 13.7 Å². The van der Waals surface area contributed by atoms with E-state index in [-0.39, 0.29) is 6.10 Å². The van der Waals surface area contributed by atoms with Gasteiger partial charge in [-0.05, 0) is 37.1 Å². The highest BCUT2D eigenvalue weighted by molar-refractivity contribution is 5.31. The molecule has 0 aliphatic heterocycles. The van der Waals surface area contributed by atoms with E-state index < -0.39 is 0 Å². The van der Waals surface area contributed by atoms with Crippen molar-refractivity contribution in [3.63, 3.8) is 0 Å². The summed E-state index contributed by atoms with van der Waals surface area (Å²) in [4.78, 5) is 0. The molecule has 1 atom stereocenters. The van der Waals surface area contributed by atoms with Crippen molar-refractivity contribution < 1.29 is 9.47 Å². The predicted molar refractivity (Wildman–Crippen MR) is 62.2 cm³/mol. The molecule has 1 rings (SSSR count). The molecule has 0 saturated heterocycles. The van der Waals surface area contributed by atoms with E-state index in [1.165, 1.54) is 0 Å². The lowest BCUT2D eigenvalue weighted by Gasteiger charge is -2.17. The topological polar surface area (TPSA) is 18.5 Å². The molecule has 0 aliphatic rings. The first-order chi connectivity index (χ1) is 7.19. The van der Waals surface area contributed by atoms with Crippen LogP contribution in [0.4, 0.5) is 0 Å². The van der Waals surface area contributed by atoms with Gasteiger partial charge in [0, 0.05) is 6.61 Å². The molecule has 0 spiro atoms. The first kappa shape index (κ1) is 11.8. The summed E-state index contributed by atoms with van der Waals surface area (Å²) >= 11 is 0. The van der Waals surface area contributed by atoms with E-state index in [0.717, 1.165) is 16.9 Å². The van der Waals surface area contributed by atoms with E-state index in [0.29, 0.717) is 6.61 Å². The van der Waals surface area contributed by atoms with Crippen molar-refractivity contribution in [3.8, 4) is 5.75 Å². The highest BCUT2D eigenvalue weighted by Crippen LogP contribution is 2.25. The first-order valence-electron chi connectivity index (χ1n) is 5.10. The van der Waals surface area contributed by atoms with Gasteiger partial charge >= 0.3 is 0 Å². The zero-order valence-electron chi connectivity index (χ0n) is 9.62. The summed E-state index contributed by atoms with van der Waals surface area (Å²) in [6.45, 7) is 8.58. The Hall–Kier alpha value is -1.28. The Kier molecular flexibility index (Phi) is 4.37. The van der Waals surface area contributed by atoms with Crippen molar-refractivity contribution in [3.05, 3.63) is 42.0 Å². The lowest BCUT2D eigenvalue weighted by atomic mass is 10.0. The first-order valence-corrected chi connectivity index (χ1v) is 5.10. The summed E-state index contributed by atoms with van der Waals surface area (Å²) in [6, 6.07) is 7.89. The van der Waals surface area contributed by atoms with Crippen LogP contribution >= 0.6 is 0 Å². The highest BCUT2D eigenvalue weighted by atomic mass is 16.5. The third kappa shape index (κ3) is 3.10. The average Bonchev–Trinajstić information content (AvgIpc) is 2.26. The molecule has 1 aromatic carbocycles. The Morgan fingerprint density at radius 1 is 1.33 bits per heavy atom. The monoisotopic (exact) mass is 206 g/mol. The van der Waals surface area contributed by atoms with Gasteiger partial charge in [-0.15, -0.1) is 0 Å². The van der Waals surface area contributed by atoms with Gasteiger partial charge in [0.15, 0.2) is 0 Å². The molecule has 0 N–H and O–H groups in total. The molecule has 15 heavy (non-hydrogen) atoms. The van der Waals surface area contributed by atoms with Crippen LogP contribution in [0.3, 0.4) is 0 Å². The Morgan fingerprint density at radius 3 is 2.33 bits per heavy atom. The Labute approximate surface area is 91.5 Å². The summed E-state index contributed by atoms with van der Waals surface area (Å²) in [7, 11) is 1.66. The van der Waals surface area contributed by atoms with Crippen LogP contribution in [-0.2, 0) is 4.74 Å². The minimum absolute atomic E-state index is 0.0130. The summed E-state index contributed by atoms with van der Waals surface area (Å²) in [5.74, 6) is 0.857. The lowest BCUT2D eigenvalue weighted by molar-refractivity contribution is 0.0887. The largest absolute Gasteiger partial charge is 0.497 e. The summed E-state index contributed by atoms with van der Waals surface area (Å²) in [5, 5.41) is 0. The van der Waals surface area contributed by atoms with Gasteiger partial charge in [0.25, 0.3) is 0 Å². The van der Waals surface area contributed by atoms with Gasteiger partial charge in [-0.1, -0.05) is 18.7 Å². The number of ether oxygens (including phenoxy) is 2.